The average molecular weight is 668 g/mol. The molecule has 1 fully saturated rings. The van der Waals surface area contributed by atoms with Gasteiger partial charge in [0, 0.05) is 33.2 Å². The van der Waals surface area contributed by atoms with Gasteiger partial charge < -0.3 is 13.7 Å². The summed E-state index contributed by atoms with van der Waals surface area (Å²) in [5.74, 6) is 2.15. The lowest BCUT2D eigenvalue weighted by molar-refractivity contribution is 0.569. The van der Waals surface area contributed by atoms with Crippen molar-refractivity contribution in [3.8, 4) is 22.9 Å². The predicted octanol–water partition coefficient (Wildman–Crippen LogP) is 8.95. The number of pyridine rings is 2. The molecule has 2 aromatic carbocycles. The van der Waals surface area contributed by atoms with E-state index >= 15 is 0 Å². The molecule has 7 rings (SSSR count). The van der Waals surface area contributed by atoms with Crippen LogP contribution in [0.15, 0.2) is 90.6 Å². The summed E-state index contributed by atoms with van der Waals surface area (Å²) < 4.78 is 13.5. The lowest BCUT2D eigenvalue weighted by Crippen LogP contribution is -2.29. The van der Waals surface area contributed by atoms with Crippen molar-refractivity contribution in [2.24, 2.45) is 0 Å². The van der Waals surface area contributed by atoms with Crippen LogP contribution in [0, 0.1) is 0 Å². The second kappa shape index (κ2) is 11.5. The van der Waals surface area contributed by atoms with Crippen LogP contribution in [0.25, 0.3) is 45.4 Å². The summed E-state index contributed by atoms with van der Waals surface area (Å²) in [5.41, 5.74) is 4.44. The molecule has 5 heterocycles. The highest BCUT2D eigenvalue weighted by Crippen LogP contribution is 2.28. The molecule has 196 valence electrons. The molecule has 7 nitrogen and oxygen atoms in total. The van der Waals surface area contributed by atoms with Gasteiger partial charge in [-0.25, -0.2) is 9.97 Å². The zero-order valence-electron chi connectivity index (χ0n) is 20.7. The lowest BCUT2D eigenvalue weighted by Gasteiger charge is -2.27. The van der Waals surface area contributed by atoms with Gasteiger partial charge in [-0.3, -0.25) is 0 Å². The maximum Gasteiger partial charge on any atom is 0.249 e. The molecular formula is C29H22Br2ClN5O2. The topological polar surface area (TPSA) is 81.1 Å². The molecule has 0 radical (unpaired) electrons. The van der Waals surface area contributed by atoms with Crippen LogP contribution < -0.4 is 4.90 Å². The Labute approximate surface area is 246 Å². The SMILES string of the molecule is Brc1ccc(-c2nc3ccc(N4CCCCC4)nc3o2)cc1.Clc1ccc2nc(-c3ccc(Br)cc3)oc2n1. The molecule has 0 bridgehead atoms. The van der Waals surface area contributed by atoms with Crippen molar-refractivity contribution in [2.45, 2.75) is 19.3 Å². The molecule has 4 aromatic heterocycles. The van der Waals surface area contributed by atoms with Gasteiger partial charge >= 0.3 is 0 Å². The van der Waals surface area contributed by atoms with E-state index < -0.39 is 0 Å². The van der Waals surface area contributed by atoms with Crippen LogP contribution in [0.5, 0.6) is 0 Å². The molecule has 0 amide bonds. The second-order valence-electron chi connectivity index (χ2n) is 9.05. The smallest absolute Gasteiger partial charge is 0.249 e. The largest absolute Gasteiger partial charge is 0.418 e. The number of fused-ring (bicyclic) bond motifs is 2. The van der Waals surface area contributed by atoms with Gasteiger partial charge in [0.25, 0.3) is 0 Å². The summed E-state index contributed by atoms with van der Waals surface area (Å²) >= 11 is 12.6. The van der Waals surface area contributed by atoms with Gasteiger partial charge in [-0.05, 0) is 92.1 Å². The fourth-order valence-corrected chi connectivity index (χ4v) is 5.00. The Kier molecular flexibility index (Phi) is 7.63. The van der Waals surface area contributed by atoms with Crippen LogP contribution >= 0.6 is 43.5 Å². The summed E-state index contributed by atoms with van der Waals surface area (Å²) in [4.78, 5) is 19.9. The number of halogens is 3. The highest BCUT2D eigenvalue weighted by Gasteiger charge is 2.15. The minimum absolute atomic E-state index is 0.399. The van der Waals surface area contributed by atoms with E-state index in [2.05, 4.69) is 56.7 Å². The normalized spacial score (nSPS) is 13.5. The predicted molar refractivity (Wildman–Crippen MR) is 161 cm³/mol. The van der Waals surface area contributed by atoms with Crippen molar-refractivity contribution in [3.05, 3.63) is 86.9 Å². The Morgan fingerprint density at radius 1 is 0.590 bits per heavy atom. The van der Waals surface area contributed by atoms with Gasteiger partial charge in [-0.1, -0.05) is 43.5 Å². The lowest BCUT2D eigenvalue weighted by atomic mass is 10.1. The van der Waals surface area contributed by atoms with E-state index in [1.807, 2.05) is 60.7 Å². The first-order valence-electron chi connectivity index (χ1n) is 12.5. The number of hydrogen-bond acceptors (Lipinski definition) is 7. The van der Waals surface area contributed by atoms with E-state index in [-0.39, 0.29) is 0 Å². The maximum atomic E-state index is 5.86. The molecule has 0 spiro atoms. The van der Waals surface area contributed by atoms with Crippen LogP contribution in [0.1, 0.15) is 19.3 Å². The van der Waals surface area contributed by atoms with Gasteiger partial charge in [0.05, 0.1) is 0 Å². The van der Waals surface area contributed by atoms with E-state index in [9.17, 15) is 0 Å². The summed E-state index contributed by atoms with van der Waals surface area (Å²) in [6.45, 7) is 2.15. The molecule has 39 heavy (non-hydrogen) atoms. The molecule has 1 aliphatic heterocycles. The molecule has 1 aliphatic rings. The molecule has 0 unspecified atom stereocenters. The average Bonchev–Trinajstić information content (AvgIpc) is 3.58. The Morgan fingerprint density at radius 3 is 1.67 bits per heavy atom. The maximum absolute atomic E-state index is 5.86. The van der Waals surface area contributed by atoms with Crippen LogP contribution in [-0.2, 0) is 0 Å². The molecule has 10 heteroatoms. The summed E-state index contributed by atoms with van der Waals surface area (Å²) in [6.07, 6.45) is 3.79. The number of hydrogen-bond donors (Lipinski definition) is 0. The van der Waals surface area contributed by atoms with E-state index in [1.165, 1.54) is 19.3 Å². The van der Waals surface area contributed by atoms with E-state index in [4.69, 9.17) is 20.4 Å². The van der Waals surface area contributed by atoms with E-state index in [0.29, 0.717) is 33.9 Å². The molecule has 0 N–H and O–H groups in total. The zero-order valence-corrected chi connectivity index (χ0v) is 24.6. The number of oxazole rings is 2. The first kappa shape index (κ1) is 26.0. The van der Waals surface area contributed by atoms with Crippen LogP contribution in [0.2, 0.25) is 5.15 Å². The third kappa shape index (κ3) is 6.00. The number of anilines is 1. The highest BCUT2D eigenvalue weighted by molar-refractivity contribution is 9.10. The summed E-state index contributed by atoms with van der Waals surface area (Å²) in [5, 5.41) is 0.399. The first-order chi connectivity index (χ1) is 19.0. The van der Waals surface area contributed by atoms with Gasteiger partial charge in [0.2, 0.25) is 23.2 Å². The van der Waals surface area contributed by atoms with Crippen LogP contribution in [0.4, 0.5) is 5.82 Å². The van der Waals surface area contributed by atoms with E-state index in [0.717, 1.165) is 44.5 Å². The van der Waals surface area contributed by atoms with Gasteiger partial charge in [-0.2, -0.15) is 9.97 Å². The monoisotopic (exact) mass is 665 g/mol. The minimum atomic E-state index is 0.399. The molecule has 1 saturated heterocycles. The number of aromatic nitrogens is 4. The van der Waals surface area contributed by atoms with Gasteiger partial charge in [-0.15, -0.1) is 0 Å². The quantitative estimate of drug-likeness (QED) is 0.174. The van der Waals surface area contributed by atoms with Crippen LogP contribution in [0.3, 0.4) is 0 Å². The molecule has 0 atom stereocenters. The highest BCUT2D eigenvalue weighted by atomic mass is 79.9. The van der Waals surface area contributed by atoms with Crippen molar-refractivity contribution >= 4 is 71.7 Å². The molecule has 6 aromatic rings. The van der Waals surface area contributed by atoms with Crippen LogP contribution in [-0.4, -0.2) is 33.0 Å². The van der Waals surface area contributed by atoms with Crippen molar-refractivity contribution in [1.82, 2.24) is 19.9 Å². The standard InChI is InChI=1S/C17H16BrN3O.C12H6BrClN2O/c18-13-6-4-12(5-7-13)16-19-14-8-9-15(20-17(14)22-16)21-10-2-1-3-11-21;13-8-3-1-7(2-4-8)11-15-9-5-6-10(14)16-12(9)17-11/h4-9H,1-3,10-11H2;1-6H. The Morgan fingerprint density at radius 2 is 1.10 bits per heavy atom. The second-order valence-corrected chi connectivity index (χ2v) is 11.3. The number of nitrogens with zero attached hydrogens (tertiary/aromatic N) is 5. The van der Waals surface area contributed by atoms with Crippen molar-refractivity contribution in [3.63, 3.8) is 0 Å². The van der Waals surface area contributed by atoms with Crippen molar-refractivity contribution in [1.29, 1.82) is 0 Å². The summed E-state index contributed by atoms with van der Waals surface area (Å²) in [6, 6.07) is 23.2. The van der Waals surface area contributed by atoms with E-state index in [1.54, 1.807) is 12.1 Å². The first-order valence-corrected chi connectivity index (χ1v) is 14.5. The van der Waals surface area contributed by atoms with Crippen molar-refractivity contribution < 1.29 is 8.83 Å². The third-order valence-corrected chi connectivity index (χ3v) is 7.59. The number of benzene rings is 2. The number of rotatable bonds is 3. The van der Waals surface area contributed by atoms with Gasteiger partial charge in [0.1, 0.15) is 22.0 Å². The Hall–Kier alpha value is -3.27. The number of piperidine rings is 1. The van der Waals surface area contributed by atoms with Crippen molar-refractivity contribution in [2.75, 3.05) is 18.0 Å². The Bertz CT molecular complexity index is 1730. The fraction of sp³-hybridized carbons (Fsp3) is 0.172. The zero-order chi connectivity index (χ0) is 26.8. The third-order valence-electron chi connectivity index (χ3n) is 6.32. The minimum Gasteiger partial charge on any atom is -0.418 e. The summed E-state index contributed by atoms with van der Waals surface area (Å²) in [7, 11) is 0. The Balaban J connectivity index is 0.000000147. The fourth-order valence-electron chi connectivity index (χ4n) is 4.33. The molecule has 0 aliphatic carbocycles. The molecule has 0 saturated carbocycles. The van der Waals surface area contributed by atoms with Gasteiger partial charge in [0.15, 0.2) is 0 Å². The molecular weight excluding hydrogens is 646 g/mol.